The Hall–Kier alpha value is -3.36. The third kappa shape index (κ3) is 23.5. The third-order valence-electron chi connectivity index (χ3n) is 15.1. The van der Waals surface area contributed by atoms with Gasteiger partial charge in [0.15, 0.2) is 0 Å². The fourth-order valence-electron chi connectivity index (χ4n) is 13.5. The summed E-state index contributed by atoms with van der Waals surface area (Å²) < 4.78 is 0. The molecular formula is C64H104N6. The average Bonchev–Trinajstić information content (AvgIpc) is 3.27. The van der Waals surface area contributed by atoms with Gasteiger partial charge in [0.05, 0.1) is 0 Å². The van der Waals surface area contributed by atoms with Crippen molar-refractivity contribution in [3.63, 3.8) is 0 Å². The lowest BCUT2D eigenvalue weighted by molar-refractivity contribution is 0.0711. The minimum absolute atomic E-state index is 0.345. The van der Waals surface area contributed by atoms with Gasteiger partial charge in [-0.3, -0.25) is 0 Å². The maximum atomic E-state index is 6.25. The monoisotopic (exact) mass is 957 g/mol. The van der Waals surface area contributed by atoms with Crippen LogP contribution in [0.5, 0.6) is 0 Å². The molecule has 6 atom stereocenters. The van der Waals surface area contributed by atoms with Crippen molar-refractivity contribution in [3.05, 3.63) is 144 Å². The Morgan fingerprint density at radius 2 is 0.800 bits per heavy atom. The Balaban J connectivity index is 0.000000213. The second-order valence-electron chi connectivity index (χ2n) is 25.6. The van der Waals surface area contributed by atoms with Gasteiger partial charge in [0, 0.05) is 37.8 Å². The summed E-state index contributed by atoms with van der Waals surface area (Å²) in [5.41, 5.74) is 14.3. The van der Waals surface area contributed by atoms with Gasteiger partial charge in [0.2, 0.25) is 0 Å². The molecule has 7 rings (SSSR count). The van der Waals surface area contributed by atoms with Crippen molar-refractivity contribution >= 4 is 0 Å². The summed E-state index contributed by atoms with van der Waals surface area (Å²) in [6, 6.07) is 44.2. The minimum atomic E-state index is 0.345. The molecule has 3 aliphatic carbocycles. The predicted molar refractivity (Wildman–Crippen MR) is 306 cm³/mol. The number of nitrogens with two attached hydrogens (primary N) is 1. The normalized spacial score (nSPS) is 26.5. The average molecular weight is 958 g/mol. The molecule has 0 spiro atoms. The molecule has 0 saturated heterocycles. The van der Waals surface area contributed by atoms with Gasteiger partial charge < -0.3 is 32.3 Å². The highest BCUT2D eigenvalue weighted by Gasteiger charge is 2.42. The second kappa shape index (κ2) is 28.8. The van der Waals surface area contributed by atoms with Crippen LogP contribution in [0.15, 0.2) is 121 Å². The van der Waals surface area contributed by atoms with Crippen molar-refractivity contribution in [3.8, 4) is 0 Å². The lowest BCUT2D eigenvalue weighted by Crippen LogP contribution is -2.48. The summed E-state index contributed by atoms with van der Waals surface area (Å²) in [6.07, 6.45) is 14.7. The summed E-state index contributed by atoms with van der Waals surface area (Å²) >= 11 is 0. The molecule has 3 fully saturated rings. The fourth-order valence-corrected chi connectivity index (χ4v) is 13.5. The Labute approximate surface area is 430 Å². The predicted octanol–water partition coefficient (Wildman–Crippen LogP) is 13.0. The van der Waals surface area contributed by atoms with Crippen molar-refractivity contribution in [1.29, 1.82) is 0 Å². The van der Waals surface area contributed by atoms with Crippen LogP contribution in [-0.2, 0) is 19.3 Å². The lowest BCUT2D eigenvalue weighted by Gasteiger charge is -2.47. The third-order valence-corrected chi connectivity index (χ3v) is 15.1. The van der Waals surface area contributed by atoms with E-state index in [4.69, 9.17) is 5.73 Å². The molecule has 0 amide bonds. The Morgan fingerprint density at radius 1 is 0.443 bits per heavy atom. The van der Waals surface area contributed by atoms with Crippen molar-refractivity contribution < 1.29 is 0 Å². The fraction of sp³-hybridized carbons (Fsp3) is 0.625. The SMILES string of the molecule is CC1(C)CC(N)CC(C)(CNCCc2ccccc2)C1.CCNC1CC(C)(C)CC(C)(CNCCc2ccccc2)C1.CNCC1(C)CC(NCCc2ccccc2)CC(C)(C)C1.Cc1ccccc1. The van der Waals surface area contributed by atoms with E-state index in [0.29, 0.717) is 50.6 Å². The zero-order chi connectivity index (χ0) is 51.2. The van der Waals surface area contributed by atoms with E-state index in [0.717, 1.165) is 77.9 Å². The molecule has 6 unspecified atom stereocenters. The van der Waals surface area contributed by atoms with Crippen LogP contribution in [0, 0.1) is 39.4 Å². The van der Waals surface area contributed by atoms with Crippen LogP contribution in [0.25, 0.3) is 0 Å². The Kier molecular flexibility index (Phi) is 24.3. The van der Waals surface area contributed by atoms with Crippen molar-refractivity contribution in [1.82, 2.24) is 26.6 Å². The first-order chi connectivity index (χ1) is 33.1. The van der Waals surface area contributed by atoms with E-state index in [1.807, 2.05) is 18.2 Å². The van der Waals surface area contributed by atoms with E-state index in [9.17, 15) is 0 Å². The molecule has 0 bridgehead atoms. The standard InChI is InChI=1S/C20H34N2.C19H32N2.C18H30N2.C7H8/c1-5-22-18-13-19(2,3)15-20(4,14-18)16-21-12-11-17-9-7-6-8-10-17;1-18(2)12-17(13-19(3,14-18)15-20-4)21-11-10-16-8-6-5-7-9-16;1-17(2)11-16(19)12-18(3,13-17)14-20-10-9-15-7-5-4-6-8-15;1-7-5-3-2-4-6-7/h6-10,18,21-22H,5,11-16H2,1-4H3;5-9,17,20-21H,10-15H2,1-4H3;4-8,16,20H,9-14,19H2,1-3H3;2-6H,1H3. The van der Waals surface area contributed by atoms with Crippen molar-refractivity contribution in [2.24, 2.45) is 38.2 Å². The molecule has 4 aromatic carbocycles. The first kappa shape index (κ1) is 59.2. The molecule has 4 aromatic rings. The van der Waals surface area contributed by atoms with Crippen LogP contribution in [0.4, 0.5) is 0 Å². The molecule has 0 radical (unpaired) electrons. The van der Waals surface area contributed by atoms with Gasteiger partial charge >= 0.3 is 0 Å². The minimum Gasteiger partial charge on any atom is -0.328 e. The summed E-state index contributed by atoms with van der Waals surface area (Å²) in [7, 11) is 2.07. The zero-order valence-electron chi connectivity index (χ0n) is 46.8. The molecule has 390 valence electrons. The molecule has 7 N–H and O–H groups in total. The highest BCUT2D eigenvalue weighted by Crippen LogP contribution is 2.47. The zero-order valence-corrected chi connectivity index (χ0v) is 46.8. The molecule has 70 heavy (non-hydrogen) atoms. The van der Waals surface area contributed by atoms with Crippen LogP contribution in [0.2, 0.25) is 0 Å². The molecule has 6 heteroatoms. The summed E-state index contributed by atoms with van der Waals surface area (Å²) in [5, 5.41) is 18.2. The van der Waals surface area contributed by atoms with Gasteiger partial charge in [-0.1, -0.05) is 196 Å². The maximum Gasteiger partial charge on any atom is 0.00779 e. The van der Waals surface area contributed by atoms with E-state index >= 15 is 0 Å². The first-order valence-corrected chi connectivity index (χ1v) is 27.5. The van der Waals surface area contributed by atoms with Crippen LogP contribution < -0.4 is 32.3 Å². The Morgan fingerprint density at radius 3 is 1.17 bits per heavy atom. The molecule has 0 heterocycles. The van der Waals surface area contributed by atoms with Crippen molar-refractivity contribution in [2.45, 2.75) is 171 Å². The molecule has 6 nitrogen and oxygen atoms in total. The molecule has 3 aliphatic rings. The number of aryl methyl sites for hydroxylation is 1. The van der Waals surface area contributed by atoms with Gasteiger partial charge in [0.25, 0.3) is 0 Å². The van der Waals surface area contributed by atoms with E-state index in [1.54, 1.807) is 0 Å². The van der Waals surface area contributed by atoms with Gasteiger partial charge in [-0.15, -0.1) is 0 Å². The van der Waals surface area contributed by atoms with Gasteiger partial charge in [-0.2, -0.15) is 0 Å². The quantitative estimate of drug-likeness (QED) is 0.0558. The van der Waals surface area contributed by atoms with Crippen LogP contribution in [0.1, 0.15) is 149 Å². The van der Waals surface area contributed by atoms with Crippen LogP contribution >= 0.6 is 0 Å². The number of benzene rings is 4. The molecule has 3 saturated carbocycles. The first-order valence-electron chi connectivity index (χ1n) is 27.5. The summed E-state index contributed by atoms with van der Waals surface area (Å²) in [5.74, 6) is 0. The highest BCUT2D eigenvalue weighted by atomic mass is 14.9. The molecule has 0 aliphatic heterocycles. The topological polar surface area (TPSA) is 86.2 Å². The number of rotatable bonds is 18. The largest absolute Gasteiger partial charge is 0.328 e. The highest BCUT2D eigenvalue weighted by molar-refractivity contribution is 5.17. The Bertz CT molecular complexity index is 1970. The maximum absolute atomic E-state index is 6.25. The second-order valence-corrected chi connectivity index (χ2v) is 25.6. The smallest absolute Gasteiger partial charge is 0.00779 e. The van der Waals surface area contributed by atoms with Crippen LogP contribution in [-0.4, -0.2) is 71.0 Å². The molecular weight excluding hydrogens is 853 g/mol. The van der Waals surface area contributed by atoms with Gasteiger partial charge in [0.1, 0.15) is 0 Å². The number of hydrogen-bond acceptors (Lipinski definition) is 6. The van der Waals surface area contributed by atoms with E-state index in [1.165, 1.54) is 67.2 Å². The molecule has 0 aromatic heterocycles. The van der Waals surface area contributed by atoms with E-state index in [2.05, 4.69) is 213 Å². The summed E-state index contributed by atoms with van der Waals surface area (Å²) in [4.78, 5) is 0. The number of nitrogens with one attached hydrogen (secondary N) is 5. The summed E-state index contributed by atoms with van der Waals surface area (Å²) in [6.45, 7) is 33.6. The lowest BCUT2D eigenvalue weighted by atomic mass is 9.62. The van der Waals surface area contributed by atoms with Gasteiger partial charge in [-0.25, -0.2) is 0 Å². The van der Waals surface area contributed by atoms with Gasteiger partial charge in [-0.05, 0) is 166 Å². The van der Waals surface area contributed by atoms with E-state index < -0.39 is 0 Å². The number of hydrogen-bond donors (Lipinski definition) is 6. The van der Waals surface area contributed by atoms with Crippen molar-refractivity contribution in [2.75, 3.05) is 52.9 Å². The van der Waals surface area contributed by atoms with E-state index in [-0.39, 0.29) is 0 Å². The van der Waals surface area contributed by atoms with Crippen LogP contribution in [0.3, 0.4) is 0 Å².